The molecule has 38 heavy (non-hydrogen) atoms. The highest BCUT2D eigenvalue weighted by atomic mass is 16.7. The van der Waals surface area contributed by atoms with E-state index >= 15 is 0 Å². The first kappa shape index (κ1) is 29.5. The SMILES string of the molecule is O=C(O)CC(=O)OC[C@@H]1O[C@H](OC2CC3C(O)CC(O)CC3[OH+]C2C2CCC(O)C(O)C2)[C@@H](O)[C@H](O)[C@H]1O. The Morgan fingerprint density at radius 2 is 1.58 bits per heavy atom. The van der Waals surface area contributed by atoms with Crippen LogP contribution in [0.1, 0.15) is 44.9 Å². The molecule has 9 N–H and O–H groups in total. The van der Waals surface area contributed by atoms with Crippen molar-refractivity contribution in [3.63, 3.8) is 0 Å². The molecule has 0 aromatic rings. The minimum Gasteiger partial charge on any atom is -0.481 e. The van der Waals surface area contributed by atoms with Crippen LogP contribution < -0.4 is 0 Å². The van der Waals surface area contributed by atoms with Gasteiger partial charge in [-0.15, -0.1) is 0 Å². The van der Waals surface area contributed by atoms with Crippen LogP contribution in [0.25, 0.3) is 0 Å². The van der Waals surface area contributed by atoms with Crippen LogP contribution in [0.2, 0.25) is 0 Å². The zero-order chi connectivity index (χ0) is 27.7. The van der Waals surface area contributed by atoms with E-state index < -0.39 is 92.3 Å². The first-order valence-corrected chi connectivity index (χ1v) is 13.1. The second-order valence-corrected chi connectivity index (χ2v) is 10.9. The van der Waals surface area contributed by atoms with Gasteiger partial charge in [-0.05, 0) is 25.7 Å². The summed E-state index contributed by atoms with van der Waals surface area (Å²) < 4.78 is 21.5. The molecule has 4 fully saturated rings. The molecule has 4 aliphatic rings. The number of hydrogen-bond acceptors (Lipinski definition) is 12. The number of carbonyl (C=O) groups is 2. The van der Waals surface area contributed by atoms with Gasteiger partial charge < -0.3 is 59.8 Å². The molecule has 4 rings (SSSR count). The van der Waals surface area contributed by atoms with E-state index in [9.17, 15) is 45.3 Å². The highest BCUT2D eigenvalue weighted by Crippen LogP contribution is 2.42. The van der Waals surface area contributed by atoms with E-state index in [1.54, 1.807) is 0 Å². The van der Waals surface area contributed by atoms with Crippen molar-refractivity contribution in [2.45, 2.75) is 118 Å². The normalized spacial score (nSPS) is 47.7. The lowest BCUT2D eigenvalue weighted by Crippen LogP contribution is -2.63. The molecule has 14 atom stereocenters. The Bertz CT molecular complexity index is 826. The van der Waals surface area contributed by atoms with Crippen molar-refractivity contribution in [2.75, 3.05) is 6.61 Å². The average molecular weight is 552 g/mol. The minimum atomic E-state index is -1.73. The molecular weight excluding hydrogens is 512 g/mol. The van der Waals surface area contributed by atoms with Gasteiger partial charge >= 0.3 is 11.9 Å². The first-order chi connectivity index (χ1) is 17.9. The van der Waals surface area contributed by atoms with Gasteiger partial charge in [0.2, 0.25) is 0 Å². The average Bonchev–Trinajstić information content (AvgIpc) is 2.84. The van der Waals surface area contributed by atoms with Crippen molar-refractivity contribution < 1.29 is 69.4 Å². The van der Waals surface area contributed by atoms with Crippen LogP contribution in [0.3, 0.4) is 0 Å². The standard InChI is InChI=1S/C24H38O14/c25-10-4-13(27)11-6-16(23(36-15(11)5-10)9-1-2-12(26)14(28)3-9)37-24-22(34)21(33)20(32)17(38-24)8-35-19(31)7-18(29)30/h9-17,20-28,32-34H,1-8H2,(H,29,30)/p+1/t9?,10?,11?,12?,13?,14?,15?,16?,17-,20-,21+,22-,23?,24-/m0/s1. The predicted molar refractivity (Wildman–Crippen MR) is 123 cm³/mol. The number of aliphatic hydroxyl groups excluding tert-OH is 7. The molecule has 0 radical (unpaired) electrons. The molecule has 0 bridgehead atoms. The van der Waals surface area contributed by atoms with E-state index in [4.69, 9.17) is 24.1 Å². The molecule has 2 aliphatic heterocycles. The Morgan fingerprint density at radius 1 is 0.842 bits per heavy atom. The number of carboxylic acids is 1. The van der Waals surface area contributed by atoms with E-state index in [2.05, 4.69) is 0 Å². The van der Waals surface area contributed by atoms with Crippen LogP contribution >= 0.6 is 0 Å². The zero-order valence-electron chi connectivity index (χ0n) is 20.8. The van der Waals surface area contributed by atoms with Gasteiger partial charge in [-0.25, -0.2) is 0 Å². The number of aliphatic carboxylic acids is 1. The highest BCUT2D eigenvalue weighted by molar-refractivity contribution is 5.90. The molecule has 2 saturated carbocycles. The van der Waals surface area contributed by atoms with Crippen LogP contribution in [-0.2, 0) is 23.8 Å². The third-order valence-electron chi connectivity index (χ3n) is 8.25. The lowest BCUT2D eigenvalue weighted by molar-refractivity contribution is -0.356. The van der Waals surface area contributed by atoms with Gasteiger partial charge in [-0.3, -0.25) is 9.59 Å². The molecule has 14 nitrogen and oxygen atoms in total. The fraction of sp³-hybridized carbons (Fsp3) is 0.917. The molecule has 14 heteroatoms. The quantitative estimate of drug-likeness (QED) is 0.0873. The van der Waals surface area contributed by atoms with E-state index in [0.717, 1.165) is 0 Å². The molecule has 0 aromatic carbocycles. The summed E-state index contributed by atoms with van der Waals surface area (Å²) in [6.07, 6.45) is -11.8. The Morgan fingerprint density at radius 3 is 2.26 bits per heavy atom. The van der Waals surface area contributed by atoms with E-state index in [-0.39, 0.29) is 37.2 Å². The van der Waals surface area contributed by atoms with Gasteiger partial charge in [0, 0.05) is 18.8 Å². The van der Waals surface area contributed by atoms with Crippen LogP contribution in [0.4, 0.5) is 0 Å². The van der Waals surface area contributed by atoms with Crippen molar-refractivity contribution in [1.29, 1.82) is 0 Å². The molecule has 0 amide bonds. The van der Waals surface area contributed by atoms with E-state index in [1.807, 2.05) is 0 Å². The largest absolute Gasteiger partial charge is 0.481 e. The van der Waals surface area contributed by atoms with Gasteiger partial charge in [-0.1, -0.05) is 0 Å². The number of esters is 1. The summed E-state index contributed by atoms with van der Waals surface area (Å²) >= 11 is 0. The topological polar surface area (TPSA) is 236 Å². The van der Waals surface area contributed by atoms with Crippen molar-refractivity contribution in [1.82, 2.24) is 0 Å². The van der Waals surface area contributed by atoms with Crippen molar-refractivity contribution in [3.05, 3.63) is 0 Å². The maximum atomic E-state index is 11.6. The number of carbonyl (C=O) groups excluding carboxylic acids is 1. The summed E-state index contributed by atoms with van der Waals surface area (Å²) in [6.45, 7) is -0.594. The van der Waals surface area contributed by atoms with E-state index in [1.165, 1.54) is 0 Å². The van der Waals surface area contributed by atoms with Crippen LogP contribution in [0, 0.1) is 11.8 Å². The van der Waals surface area contributed by atoms with Crippen LogP contribution in [-0.4, -0.2) is 138 Å². The molecule has 2 saturated heterocycles. The van der Waals surface area contributed by atoms with E-state index in [0.29, 0.717) is 19.3 Å². The molecule has 9 unspecified atom stereocenters. The van der Waals surface area contributed by atoms with Gasteiger partial charge in [-0.2, -0.15) is 0 Å². The lowest BCUT2D eigenvalue weighted by atomic mass is 9.72. The molecule has 0 spiro atoms. The predicted octanol–water partition coefficient (Wildman–Crippen LogP) is -3.48. The summed E-state index contributed by atoms with van der Waals surface area (Å²) in [7, 11) is 0. The fourth-order valence-electron chi connectivity index (χ4n) is 6.19. The van der Waals surface area contributed by atoms with Crippen molar-refractivity contribution in [2.24, 2.45) is 11.8 Å². The number of rotatable bonds is 7. The van der Waals surface area contributed by atoms with Crippen molar-refractivity contribution >= 4 is 11.9 Å². The number of aliphatic hydroxyl groups is 9. The molecule has 2 aliphatic carbocycles. The van der Waals surface area contributed by atoms with Gasteiger partial charge in [0.25, 0.3) is 0 Å². The van der Waals surface area contributed by atoms with Gasteiger partial charge in [0.1, 0.15) is 43.5 Å². The fourth-order valence-corrected chi connectivity index (χ4v) is 6.19. The monoisotopic (exact) mass is 551 g/mol. The molecular formula is C24H39O14+. The summed E-state index contributed by atoms with van der Waals surface area (Å²) in [4.78, 5) is 22.3. The summed E-state index contributed by atoms with van der Waals surface area (Å²) in [6, 6.07) is 0. The van der Waals surface area contributed by atoms with Crippen molar-refractivity contribution in [3.8, 4) is 0 Å². The molecule has 0 aromatic heterocycles. The number of fused-ring (bicyclic) bond motifs is 1. The zero-order valence-corrected chi connectivity index (χ0v) is 20.8. The summed E-state index contributed by atoms with van der Waals surface area (Å²) in [5.41, 5.74) is 0. The van der Waals surface area contributed by atoms with Crippen LogP contribution in [0.5, 0.6) is 0 Å². The first-order valence-electron chi connectivity index (χ1n) is 13.1. The molecule has 2 heterocycles. The minimum absolute atomic E-state index is 0.180. The van der Waals surface area contributed by atoms with Gasteiger partial charge in [0.05, 0.1) is 30.3 Å². The third kappa shape index (κ3) is 6.63. The summed E-state index contributed by atoms with van der Waals surface area (Å²) in [5, 5.41) is 81.1. The highest BCUT2D eigenvalue weighted by Gasteiger charge is 2.54. The maximum Gasteiger partial charge on any atom is 0.317 e. The summed E-state index contributed by atoms with van der Waals surface area (Å²) in [5.74, 6) is -3.03. The Labute approximate surface area is 218 Å². The second kappa shape index (κ2) is 12.4. The maximum absolute atomic E-state index is 11.6. The smallest absolute Gasteiger partial charge is 0.317 e. The Balaban J connectivity index is 1.49. The Kier molecular flexibility index (Phi) is 9.61. The van der Waals surface area contributed by atoms with Gasteiger partial charge in [0.15, 0.2) is 18.5 Å². The van der Waals surface area contributed by atoms with Crippen LogP contribution in [0.15, 0.2) is 0 Å². The lowest BCUT2D eigenvalue weighted by Gasteiger charge is -2.48. The third-order valence-corrected chi connectivity index (χ3v) is 8.25. The number of ether oxygens (including phenoxy) is 4. The molecule has 218 valence electrons. The number of carboxylic acid groups (broad SMARTS) is 1. The Hall–Kier alpha value is -1.46. The number of hydrogen-bond donors (Lipinski definition) is 8. The second-order valence-electron chi connectivity index (χ2n) is 10.9.